The Hall–Kier alpha value is -0.940. The van der Waals surface area contributed by atoms with E-state index in [1.165, 1.54) is 16.7 Å². The first-order chi connectivity index (χ1) is 8.69. The number of nitrogens with two attached hydrogens (primary N) is 1. The molecular weight excluding hydrogens is 228 g/mol. The van der Waals surface area contributed by atoms with Gasteiger partial charge < -0.3 is 9.47 Å². The highest BCUT2D eigenvalue weighted by Gasteiger charge is 2.12. The van der Waals surface area contributed by atoms with Crippen LogP contribution in [0, 0.1) is 13.8 Å². The van der Waals surface area contributed by atoms with E-state index in [2.05, 4.69) is 37.5 Å². The fraction of sp³-hybridized carbons (Fsp3) is 0.571. The number of benzene rings is 1. The minimum atomic E-state index is 0.132. The zero-order chi connectivity index (χ0) is 13.4. The quantitative estimate of drug-likeness (QED) is 0.421. The van der Waals surface area contributed by atoms with Gasteiger partial charge in [0.1, 0.15) is 0 Å². The number of hydrogen-bond donors (Lipinski definition) is 2. The SMILES string of the molecule is COCCOCCC(NN)c1cc(C)ccc1C. The van der Waals surface area contributed by atoms with Gasteiger partial charge in [0.15, 0.2) is 0 Å². The molecule has 0 bridgehead atoms. The van der Waals surface area contributed by atoms with Gasteiger partial charge in [-0.05, 0) is 31.4 Å². The fourth-order valence-electron chi connectivity index (χ4n) is 1.91. The predicted molar refractivity (Wildman–Crippen MR) is 73.3 cm³/mol. The molecule has 0 saturated carbocycles. The molecule has 1 rings (SSSR count). The van der Waals surface area contributed by atoms with Crippen LogP contribution in [0.1, 0.15) is 29.2 Å². The molecule has 1 unspecified atom stereocenters. The molecule has 4 nitrogen and oxygen atoms in total. The summed E-state index contributed by atoms with van der Waals surface area (Å²) >= 11 is 0. The normalized spacial score (nSPS) is 12.7. The number of nitrogens with one attached hydrogen (secondary N) is 1. The average molecular weight is 252 g/mol. The minimum absolute atomic E-state index is 0.132. The van der Waals surface area contributed by atoms with Crippen LogP contribution in [-0.2, 0) is 9.47 Å². The molecule has 4 heteroatoms. The lowest BCUT2D eigenvalue weighted by Crippen LogP contribution is -2.29. The van der Waals surface area contributed by atoms with Gasteiger partial charge in [0.05, 0.1) is 13.2 Å². The Balaban J connectivity index is 2.52. The summed E-state index contributed by atoms with van der Waals surface area (Å²) < 4.78 is 10.4. The summed E-state index contributed by atoms with van der Waals surface area (Å²) in [6.45, 7) is 6.12. The van der Waals surface area contributed by atoms with Crippen LogP contribution in [0.4, 0.5) is 0 Å². The molecule has 18 heavy (non-hydrogen) atoms. The van der Waals surface area contributed by atoms with Crippen LogP contribution in [0.2, 0.25) is 0 Å². The van der Waals surface area contributed by atoms with Crippen molar-refractivity contribution in [2.45, 2.75) is 26.3 Å². The minimum Gasteiger partial charge on any atom is -0.382 e. The Labute approximate surface area is 109 Å². The van der Waals surface area contributed by atoms with Crippen LogP contribution in [0.5, 0.6) is 0 Å². The lowest BCUT2D eigenvalue weighted by atomic mass is 9.97. The summed E-state index contributed by atoms with van der Waals surface area (Å²) in [5.41, 5.74) is 6.61. The highest BCUT2D eigenvalue weighted by molar-refractivity contribution is 5.32. The van der Waals surface area contributed by atoms with E-state index in [1.807, 2.05) is 0 Å². The summed E-state index contributed by atoms with van der Waals surface area (Å²) in [7, 11) is 1.67. The highest BCUT2D eigenvalue weighted by Crippen LogP contribution is 2.21. The van der Waals surface area contributed by atoms with Crippen molar-refractivity contribution in [3.8, 4) is 0 Å². The van der Waals surface area contributed by atoms with Gasteiger partial charge in [-0.15, -0.1) is 0 Å². The third-order valence-corrected chi connectivity index (χ3v) is 2.99. The van der Waals surface area contributed by atoms with Gasteiger partial charge in [-0.25, -0.2) is 0 Å². The number of aryl methyl sites for hydroxylation is 2. The molecule has 0 aromatic heterocycles. The van der Waals surface area contributed by atoms with E-state index in [1.54, 1.807) is 7.11 Å². The van der Waals surface area contributed by atoms with Crippen molar-refractivity contribution in [1.82, 2.24) is 5.43 Å². The highest BCUT2D eigenvalue weighted by atomic mass is 16.5. The van der Waals surface area contributed by atoms with Crippen molar-refractivity contribution in [1.29, 1.82) is 0 Å². The molecule has 3 N–H and O–H groups in total. The largest absolute Gasteiger partial charge is 0.382 e. The maximum Gasteiger partial charge on any atom is 0.0700 e. The van der Waals surface area contributed by atoms with Crippen LogP contribution in [0.25, 0.3) is 0 Å². The molecule has 0 heterocycles. The Morgan fingerprint density at radius 3 is 2.67 bits per heavy atom. The van der Waals surface area contributed by atoms with Gasteiger partial charge in [-0.1, -0.05) is 23.8 Å². The zero-order valence-electron chi connectivity index (χ0n) is 11.5. The molecule has 0 amide bonds. The predicted octanol–water partition coefficient (Wildman–Crippen LogP) is 1.86. The molecule has 0 radical (unpaired) electrons. The van der Waals surface area contributed by atoms with Crippen molar-refractivity contribution < 1.29 is 9.47 Å². The Morgan fingerprint density at radius 2 is 2.00 bits per heavy atom. The number of ether oxygens (including phenoxy) is 2. The molecule has 0 aliphatic rings. The number of hydrogen-bond acceptors (Lipinski definition) is 4. The molecule has 1 aromatic carbocycles. The van der Waals surface area contributed by atoms with E-state index in [0.717, 1.165) is 6.42 Å². The lowest BCUT2D eigenvalue weighted by molar-refractivity contribution is 0.0657. The van der Waals surface area contributed by atoms with E-state index < -0.39 is 0 Å². The van der Waals surface area contributed by atoms with Crippen molar-refractivity contribution in [2.75, 3.05) is 26.9 Å². The third kappa shape index (κ3) is 4.74. The first kappa shape index (κ1) is 15.1. The standard InChI is InChI=1S/C14H24N2O2/c1-11-4-5-12(2)13(10-11)14(16-15)6-7-18-9-8-17-3/h4-5,10,14,16H,6-9,15H2,1-3H3. The van der Waals surface area contributed by atoms with E-state index in [9.17, 15) is 0 Å². The topological polar surface area (TPSA) is 56.5 Å². The zero-order valence-corrected chi connectivity index (χ0v) is 11.5. The van der Waals surface area contributed by atoms with Gasteiger partial charge in [0.2, 0.25) is 0 Å². The average Bonchev–Trinajstić information content (AvgIpc) is 2.37. The summed E-state index contributed by atoms with van der Waals surface area (Å²) in [5, 5.41) is 0. The molecule has 102 valence electrons. The summed E-state index contributed by atoms with van der Waals surface area (Å²) in [4.78, 5) is 0. The Bertz CT molecular complexity index is 356. The van der Waals surface area contributed by atoms with Gasteiger partial charge in [0, 0.05) is 19.8 Å². The van der Waals surface area contributed by atoms with E-state index in [0.29, 0.717) is 19.8 Å². The summed E-state index contributed by atoms with van der Waals surface area (Å²) in [5.74, 6) is 5.63. The molecule has 0 fully saturated rings. The van der Waals surface area contributed by atoms with Gasteiger partial charge in [0.25, 0.3) is 0 Å². The van der Waals surface area contributed by atoms with Crippen LogP contribution < -0.4 is 11.3 Å². The molecule has 0 spiro atoms. The number of rotatable bonds is 8. The van der Waals surface area contributed by atoms with Gasteiger partial charge in [-0.3, -0.25) is 11.3 Å². The molecule has 1 atom stereocenters. The van der Waals surface area contributed by atoms with Crippen LogP contribution in [-0.4, -0.2) is 26.9 Å². The van der Waals surface area contributed by atoms with E-state index in [-0.39, 0.29) is 6.04 Å². The molecule has 0 aliphatic heterocycles. The monoisotopic (exact) mass is 252 g/mol. The molecule has 0 saturated heterocycles. The maximum atomic E-state index is 5.63. The van der Waals surface area contributed by atoms with E-state index >= 15 is 0 Å². The van der Waals surface area contributed by atoms with Gasteiger partial charge >= 0.3 is 0 Å². The molecular formula is C14H24N2O2. The van der Waals surface area contributed by atoms with Crippen LogP contribution in [0.3, 0.4) is 0 Å². The maximum absolute atomic E-state index is 5.63. The second-order valence-electron chi connectivity index (χ2n) is 4.47. The second-order valence-corrected chi connectivity index (χ2v) is 4.47. The molecule has 1 aromatic rings. The Morgan fingerprint density at radius 1 is 1.22 bits per heavy atom. The van der Waals surface area contributed by atoms with Crippen LogP contribution in [0.15, 0.2) is 18.2 Å². The fourth-order valence-corrected chi connectivity index (χ4v) is 1.91. The summed E-state index contributed by atoms with van der Waals surface area (Å²) in [6.07, 6.45) is 0.852. The van der Waals surface area contributed by atoms with Crippen molar-refractivity contribution >= 4 is 0 Å². The molecule has 0 aliphatic carbocycles. The first-order valence-electron chi connectivity index (χ1n) is 6.29. The van der Waals surface area contributed by atoms with Gasteiger partial charge in [-0.2, -0.15) is 0 Å². The van der Waals surface area contributed by atoms with E-state index in [4.69, 9.17) is 15.3 Å². The summed E-state index contributed by atoms with van der Waals surface area (Å²) in [6, 6.07) is 6.55. The number of hydrazine groups is 1. The number of methoxy groups -OCH3 is 1. The van der Waals surface area contributed by atoms with Crippen molar-refractivity contribution in [2.24, 2.45) is 5.84 Å². The van der Waals surface area contributed by atoms with Crippen LogP contribution >= 0.6 is 0 Å². The Kier molecular flexibility index (Phi) is 6.90. The lowest BCUT2D eigenvalue weighted by Gasteiger charge is -2.19. The second kappa shape index (κ2) is 8.21. The third-order valence-electron chi connectivity index (χ3n) is 2.99. The van der Waals surface area contributed by atoms with Crippen molar-refractivity contribution in [3.05, 3.63) is 34.9 Å². The smallest absolute Gasteiger partial charge is 0.0700 e. The van der Waals surface area contributed by atoms with Crippen molar-refractivity contribution in [3.63, 3.8) is 0 Å². The first-order valence-corrected chi connectivity index (χ1v) is 6.29.